The molecule has 2 heterocycles. The molecule has 0 spiro atoms. The van der Waals surface area contributed by atoms with Crippen LogP contribution in [0.3, 0.4) is 0 Å². The summed E-state index contributed by atoms with van der Waals surface area (Å²) in [6, 6.07) is 4.72. The monoisotopic (exact) mass is 247 g/mol. The lowest BCUT2D eigenvalue weighted by molar-refractivity contribution is -0.142. The highest BCUT2D eigenvalue weighted by molar-refractivity contribution is 6.02. The van der Waals surface area contributed by atoms with E-state index in [1.165, 1.54) is 13.3 Å². The highest BCUT2D eigenvalue weighted by atomic mass is 16.5. The van der Waals surface area contributed by atoms with Crippen LogP contribution >= 0.6 is 0 Å². The van der Waals surface area contributed by atoms with E-state index in [1.54, 1.807) is 23.7 Å². The number of carbonyl (C=O) groups is 2. The Balaban J connectivity index is 2.21. The summed E-state index contributed by atoms with van der Waals surface area (Å²) in [6.45, 7) is 1.56. The fourth-order valence-corrected chi connectivity index (χ4v) is 1.62. The first-order valence-corrected chi connectivity index (χ1v) is 5.44. The number of carbonyl (C=O) groups excluding carboxylic acids is 2. The Morgan fingerprint density at radius 3 is 2.94 bits per heavy atom. The summed E-state index contributed by atoms with van der Waals surface area (Å²) < 4.78 is 6.14. The van der Waals surface area contributed by atoms with Gasteiger partial charge in [0.1, 0.15) is 6.04 Å². The number of methoxy groups -OCH3 is 1. The highest BCUT2D eigenvalue weighted by Crippen LogP contribution is 2.09. The van der Waals surface area contributed by atoms with Gasteiger partial charge >= 0.3 is 5.97 Å². The minimum atomic E-state index is -0.693. The average molecular weight is 247 g/mol. The van der Waals surface area contributed by atoms with Crippen molar-refractivity contribution in [2.24, 2.45) is 0 Å². The molecule has 6 heteroatoms. The molecule has 2 aromatic heterocycles. The molecule has 0 radical (unpaired) electrons. The largest absolute Gasteiger partial charge is 0.467 e. The lowest BCUT2D eigenvalue weighted by Crippen LogP contribution is -2.39. The Labute approximate surface area is 104 Å². The van der Waals surface area contributed by atoms with Crippen molar-refractivity contribution in [3.05, 3.63) is 36.2 Å². The number of rotatable bonds is 3. The third-order valence-corrected chi connectivity index (χ3v) is 2.57. The van der Waals surface area contributed by atoms with Gasteiger partial charge in [-0.2, -0.15) is 5.10 Å². The van der Waals surface area contributed by atoms with E-state index in [0.717, 1.165) is 0 Å². The lowest BCUT2D eigenvalue weighted by Gasteiger charge is -2.10. The molecule has 1 N–H and O–H groups in total. The second kappa shape index (κ2) is 4.87. The molecule has 2 aromatic rings. The number of esters is 1. The summed E-state index contributed by atoms with van der Waals surface area (Å²) in [7, 11) is 1.28. The number of nitrogens with zero attached hydrogens (tertiary/aromatic N) is 2. The average Bonchev–Trinajstić information content (AvgIpc) is 2.81. The van der Waals surface area contributed by atoms with E-state index < -0.39 is 12.0 Å². The standard InChI is InChI=1S/C12H13N3O3/c1-8(12(17)18-2)14-11(16)9-7-13-15-6-4-3-5-10(9)15/h3-8H,1-2H3,(H,14,16). The quantitative estimate of drug-likeness (QED) is 0.807. The Morgan fingerprint density at radius 1 is 1.44 bits per heavy atom. The van der Waals surface area contributed by atoms with Crippen LogP contribution in [0.4, 0.5) is 0 Å². The van der Waals surface area contributed by atoms with Crippen LogP contribution in [0.15, 0.2) is 30.6 Å². The second-order valence-corrected chi connectivity index (χ2v) is 3.81. The van der Waals surface area contributed by atoms with Gasteiger partial charge in [-0.15, -0.1) is 0 Å². The van der Waals surface area contributed by atoms with Crippen molar-refractivity contribution in [2.75, 3.05) is 7.11 Å². The van der Waals surface area contributed by atoms with E-state index in [-0.39, 0.29) is 5.91 Å². The molecule has 0 saturated carbocycles. The zero-order chi connectivity index (χ0) is 13.1. The Morgan fingerprint density at radius 2 is 2.22 bits per heavy atom. The number of ether oxygens (including phenoxy) is 1. The van der Waals surface area contributed by atoms with Crippen LogP contribution < -0.4 is 5.32 Å². The first-order chi connectivity index (χ1) is 8.63. The van der Waals surface area contributed by atoms with E-state index in [1.807, 2.05) is 12.1 Å². The lowest BCUT2D eigenvalue weighted by atomic mass is 10.2. The molecule has 1 amide bonds. The van der Waals surface area contributed by atoms with Crippen molar-refractivity contribution in [1.82, 2.24) is 14.9 Å². The minimum absolute atomic E-state index is 0.353. The smallest absolute Gasteiger partial charge is 0.328 e. The molecule has 1 unspecified atom stereocenters. The fourth-order valence-electron chi connectivity index (χ4n) is 1.62. The molecule has 94 valence electrons. The van der Waals surface area contributed by atoms with E-state index in [9.17, 15) is 9.59 Å². The third kappa shape index (κ3) is 2.17. The number of hydrogen-bond acceptors (Lipinski definition) is 4. The zero-order valence-electron chi connectivity index (χ0n) is 10.1. The number of fused-ring (bicyclic) bond motifs is 1. The molecule has 0 aliphatic rings. The summed E-state index contributed by atoms with van der Waals surface area (Å²) in [5, 5.41) is 6.61. The van der Waals surface area contributed by atoms with Crippen LogP contribution in [0.2, 0.25) is 0 Å². The number of nitrogens with one attached hydrogen (secondary N) is 1. The number of aromatic nitrogens is 2. The summed E-state index contributed by atoms with van der Waals surface area (Å²) >= 11 is 0. The second-order valence-electron chi connectivity index (χ2n) is 3.81. The van der Waals surface area contributed by atoms with Gasteiger partial charge in [-0.1, -0.05) is 6.07 Å². The van der Waals surface area contributed by atoms with E-state index >= 15 is 0 Å². The van der Waals surface area contributed by atoms with E-state index in [2.05, 4.69) is 15.2 Å². The van der Waals surface area contributed by atoms with Gasteiger partial charge in [0.25, 0.3) is 5.91 Å². The maximum Gasteiger partial charge on any atom is 0.328 e. The third-order valence-electron chi connectivity index (χ3n) is 2.57. The van der Waals surface area contributed by atoms with Gasteiger partial charge in [0.05, 0.1) is 24.4 Å². The van der Waals surface area contributed by atoms with Crippen molar-refractivity contribution < 1.29 is 14.3 Å². The Kier molecular flexibility index (Phi) is 3.27. The molecular weight excluding hydrogens is 234 g/mol. The summed E-state index contributed by atoms with van der Waals surface area (Å²) in [4.78, 5) is 23.2. The minimum Gasteiger partial charge on any atom is -0.467 e. The zero-order valence-corrected chi connectivity index (χ0v) is 10.1. The molecule has 0 aliphatic heterocycles. The van der Waals surface area contributed by atoms with Crippen molar-refractivity contribution in [3.63, 3.8) is 0 Å². The highest BCUT2D eigenvalue weighted by Gasteiger charge is 2.19. The van der Waals surface area contributed by atoms with Crippen molar-refractivity contribution in [1.29, 1.82) is 0 Å². The SMILES string of the molecule is COC(=O)C(C)NC(=O)c1cnn2ccccc12. The van der Waals surface area contributed by atoms with Gasteiger partial charge in [0.15, 0.2) is 0 Å². The van der Waals surface area contributed by atoms with Gasteiger partial charge in [0, 0.05) is 6.20 Å². The summed E-state index contributed by atoms with van der Waals surface area (Å²) in [6.07, 6.45) is 3.21. The van der Waals surface area contributed by atoms with Gasteiger partial charge < -0.3 is 10.1 Å². The van der Waals surface area contributed by atoms with Crippen LogP contribution in [0.5, 0.6) is 0 Å². The fraction of sp³-hybridized carbons (Fsp3) is 0.250. The number of hydrogen-bond donors (Lipinski definition) is 1. The van der Waals surface area contributed by atoms with Crippen molar-refractivity contribution in [3.8, 4) is 0 Å². The molecule has 6 nitrogen and oxygen atoms in total. The Hall–Kier alpha value is -2.37. The van der Waals surface area contributed by atoms with Gasteiger partial charge in [0.2, 0.25) is 0 Å². The maximum atomic E-state index is 12.0. The molecule has 2 rings (SSSR count). The molecule has 0 saturated heterocycles. The van der Waals surface area contributed by atoms with Gasteiger partial charge in [-0.05, 0) is 19.1 Å². The van der Waals surface area contributed by atoms with Crippen LogP contribution in [-0.4, -0.2) is 34.6 Å². The van der Waals surface area contributed by atoms with Gasteiger partial charge in [-0.3, -0.25) is 4.79 Å². The molecule has 18 heavy (non-hydrogen) atoms. The van der Waals surface area contributed by atoms with E-state index in [0.29, 0.717) is 11.1 Å². The summed E-state index contributed by atoms with van der Waals surface area (Å²) in [5.74, 6) is -0.839. The van der Waals surface area contributed by atoms with Crippen LogP contribution in [-0.2, 0) is 9.53 Å². The summed E-state index contributed by atoms with van der Waals surface area (Å²) in [5.41, 5.74) is 1.11. The molecule has 0 bridgehead atoms. The topological polar surface area (TPSA) is 72.7 Å². The maximum absolute atomic E-state index is 12.0. The molecule has 0 aliphatic carbocycles. The molecule has 1 atom stereocenters. The van der Waals surface area contributed by atoms with Crippen molar-refractivity contribution in [2.45, 2.75) is 13.0 Å². The molecule has 0 fully saturated rings. The van der Waals surface area contributed by atoms with Crippen LogP contribution in [0.25, 0.3) is 5.52 Å². The first kappa shape index (κ1) is 12.1. The van der Waals surface area contributed by atoms with Crippen LogP contribution in [0.1, 0.15) is 17.3 Å². The van der Waals surface area contributed by atoms with Crippen molar-refractivity contribution >= 4 is 17.4 Å². The predicted molar refractivity (Wildman–Crippen MR) is 64.1 cm³/mol. The normalized spacial score (nSPS) is 12.1. The first-order valence-electron chi connectivity index (χ1n) is 5.44. The number of pyridine rings is 1. The van der Waals surface area contributed by atoms with Crippen LogP contribution in [0, 0.1) is 0 Å². The van der Waals surface area contributed by atoms with E-state index in [4.69, 9.17) is 0 Å². The molecular formula is C12H13N3O3. The predicted octanol–water partition coefficient (Wildman–Crippen LogP) is 0.626. The number of amides is 1. The molecule has 0 aromatic carbocycles. The van der Waals surface area contributed by atoms with Gasteiger partial charge in [-0.25, -0.2) is 9.31 Å². The Bertz CT molecular complexity index is 591.